The highest BCUT2D eigenvalue weighted by Gasteiger charge is 2.40. The highest BCUT2D eigenvalue weighted by molar-refractivity contribution is 6.35. The van der Waals surface area contributed by atoms with Crippen LogP contribution >= 0.6 is 23.2 Å². The molecule has 0 aromatic heterocycles. The van der Waals surface area contributed by atoms with Crippen molar-refractivity contribution in [1.82, 2.24) is 20.4 Å². The molecule has 1 unspecified atom stereocenters. The van der Waals surface area contributed by atoms with Gasteiger partial charge in [0.15, 0.2) is 0 Å². The summed E-state index contributed by atoms with van der Waals surface area (Å²) >= 11 is 12.5. The Balaban J connectivity index is 1.40. The van der Waals surface area contributed by atoms with Crippen molar-refractivity contribution in [1.29, 1.82) is 0 Å². The summed E-state index contributed by atoms with van der Waals surface area (Å²) in [5.74, 6) is -0.587. The predicted octanol–water partition coefficient (Wildman–Crippen LogP) is 4.15. The Morgan fingerprint density at radius 2 is 1.77 bits per heavy atom. The maximum Gasteiger partial charge on any atom is 0.245 e. The van der Waals surface area contributed by atoms with Crippen LogP contribution in [0.2, 0.25) is 10.0 Å². The zero-order valence-corrected chi connectivity index (χ0v) is 24.5. The Morgan fingerprint density at radius 1 is 1.02 bits per heavy atom. The van der Waals surface area contributed by atoms with Gasteiger partial charge in [-0.05, 0) is 48.2 Å². The van der Waals surface area contributed by atoms with Crippen LogP contribution in [0.5, 0.6) is 0 Å². The van der Waals surface area contributed by atoms with E-state index in [0.29, 0.717) is 29.7 Å². The van der Waals surface area contributed by atoms with Gasteiger partial charge in [0.2, 0.25) is 11.8 Å². The second-order valence-electron chi connectivity index (χ2n) is 10.9. The van der Waals surface area contributed by atoms with Crippen LogP contribution in [0.25, 0.3) is 0 Å². The third-order valence-electron chi connectivity index (χ3n) is 8.16. The van der Waals surface area contributed by atoms with Crippen molar-refractivity contribution in [3.05, 3.63) is 69.5 Å². The molecule has 4 N–H and O–H groups in total. The maximum absolute atomic E-state index is 13.7. The molecule has 1 saturated carbocycles. The number of carbonyl (C=O) groups excluding carboxylic acids is 2. The molecule has 10 heteroatoms. The van der Waals surface area contributed by atoms with E-state index < -0.39 is 6.04 Å². The van der Waals surface area contributed by atoms with E-state index in [0.717, 1.165) is 43.6 Å². The number of carbonyl (C=O) groups is 2. The van der Waals surface area contributed by atoms with Crippen LogP contribution in [0.3, 0.4) is 0 Å². The Morgan fingerprint density at radius 3 is 2.45 bits per heavy atom. The lowest BCUT2D eigenvalue weighted by Crippen LogP contribution is -2.63. The first kappa shape index (κ1) is 30.7. The number of amides is 2. The summed E-state index contributed by atoms with van der Waals surface area (Å²) < 4.78 is 13.6. The van der Waals surface area contributed by atoms with Crippen molar-refractivity contribution in [2.45, 2.75) is 63.1 Å². The molecular weight excluding hydrogens is 552 g/mol. The molecule has 1 atom stereocenters. The molecule has 0 radical (unpaired) electrons. The summed E-state index contributed by atoms with van der Waals surface area (Å²) in [7, 11) is 0. The van der Waals surface area contributed by atoms with Crippen LogP contribution in [0.15, 0.2) is 42.5 Å². The number of rotatable bonds is 11. The van der Waals surface area contributed by atoms with Crippen LogP contribution in [0, 0.1) is 5.82 Å². The number of piperazine rings is 1. The van der Waals surface area contributed by atoms with Crippen LogP contribution < -0.4 is 16.4 Å². The number of nitrogens with zero attached hydrogens (tertiary/aromatic N) is 2. The molecule has 2 aliphatic rings. The summed E-state index contributed by atoms with van der Waals surface area (Å²) in [6.07, 6.45) is 6.22. The standard InChI is InChI=1S/C30H40Cl2FN5O2/c31-24-8-7-23(26(32)19-24)18-27(36-28(39)9-12-34)29(40)37-13-15-38(16-14-37)30(10-2-1-3-11-30)21-35-20-22-5-4-6-25(33)17-22/h4-8,17,19,27,35H,1-3,9-16,18,20-21,34H2,(H,36,39). The maximum atomic E-state index is 13.7. The van der Waals surface area contributed by atoms with Gasteiger partial charge in [0, 0.05) is 74.2 Å². The van der Waals surface area contributed by atoms with E-state index in [2.05, 4.69) is 15.5 Å². The lowest BCUT2D eigenvalue weighted by molar-refractivity contribution is -0.139. The molecule has 0 spiro atoms. The van der Waals surface area contributed by atoms with Gasteiger partial charge in [-0.25, -0.2) is 4.39 Å². The number of benzene rings is 2. The van der Waals surface area contributed by atoms with Crippen molar-refractivity contribution < 1.29 is 14.0 Å². The average molecular weight is 593 g/mol. The van der Waals surface area contributed by atoms with Crippen molar-refractivity contribution in [2.75, 3.05) is 39.3 Å². The first-order chi connectivity index (χ1) is 19.3. The minimum atomic E-state index is -0.735. The highest BCUT2D eigenvalue weighted by Crippen LogP contribution is 2.34. The van der Waals surface area contributed by atoms with Gasteiger partial charge < -0.3 is 21.3 Å². The normalized spacial score (nSPS) is 18.4. The van der Waals surface area contributed by atoms with Crippen molar-refractivity contribution in [2.24, 2.45) is 5.73 Å². The fraction of sp³-hybridized carbons (Fsp3) is 0.533. The number of halogens is 3. The molecule has 40 heavy (non-hydrogen) atoms. The van der Waals surface area contributed by atoms with E-state index in [1.54, 1.807) is 30.3 Å². The zero-order valence-electron chi connectivity index (χ0n) is 22.9. The summed E-state index contributed by atoms with van der Waals surface area (Å²) in [5.41, 5.74) is 7.28. The Labute approximate surface area is 246 Å². The van der Waals surface area contributed by atoms with Gasteiger partial charge in [0.05, 0.1) is 0 Å². The average Bonchev–Trinajstić information content (AvgIpc) is 2.94. The first-order valence-electron chi connectivity index (χ1n) is 14.2. The van der Waals surface area contributed by atoms with Crippen LogP contribution in [0.1, 0.15) is 49.7 Å². The van der Waals surface area contributed by atoms with Gasteiger partial charge in [-0.2, -0.15) is 0 Å². The number of hydrogen-bond donors (Lipinski definition) is 3. The minimum absolute atomic E-state index is 0.0201. The first-order valence-corrected chi connectivity index (χ1v) is 15.0. The molecule has 1 aliphatic heterocycles. The molecule has 7 nitrogen and oxygen atoms in total. The smallest absolute Gasteiger partial charge is 0.245 e. The molecule has 2 aromatic carbocycles. The lowest BCUT2D eigenvalue weighted by atomic mass is 9.79. The molecule has 2 aromatic rings. The van der Waals surface area contributed by atoms with E-state index in [-0.39, 0.29) is 42.6 Å². The van der Waals surface area contributed by atoms with E-state index in [4.69, 9.17) is 28.9 Å². The van der Waals surface area contributed by atoms with Crippen molar-refractivity contribution in [3.8, 4) is 0 Å². The third kappa shape index (κ3) is 8.17. The lowest BCUT2D eigenvalue weighted by Gasteiger charge is -2.50. The summed E-state index contributed by atoms with van der Waals surface area (Å²) in [6.45, 7) is 4.35. The fourth-order valence-electron chi connectivity index (χ4n) is 6.03. The fourth-order valence-corrected chi connectivity index (χ4v) is 6.51. The van der Waals surface area contributed by atoms with Crippen LogP contribution in [0.4, 0.5) is 4.39 Å². The molecule has 2 amide bonds. The van der Waals surface area contributed by atoms with E-state index in [1.807, 2.05) is 11.0 Å². The number of nitrogens with two attached hydrogens (primary N) is 1. The molecule has 1 saturated heterocycles. The Hall–Kier alpha value is -2.23. The van der Waals surface area contributed by atoms with Crippen molar-refractivity contribution >= 4 is 35.0 Å². The largest absolute Gasteiger partial charge is 0.344 e. The molecule has 1 heterocycles. The number of nitrogens with one attached hydrogen (secondary N) is 2. The van der Waals surface area contributed by atoms with E-state index >= 15 is 0 Å². The Bertz CT molecular complexity index is 1150. The van der Waals surface area contributed by atoms with Gasteiger partial charge in [-0.15, -0.1) is 0 Å². The molecule has 0 bridgehead atoms. The van der Waals surface area contributed by atoms with Gasteiger partial charge in [-0.3, -0.25) is 14.5 Å². The highest BCUT2D eigenvalue weighted by atomic mass is 35.5. The molecule has 1 aliphatic carbocycles. The third-order valence-corrected chi connectivity index (χ3v) is 8.75. The van der Waals surface area contributed by atoms with Gasteiger partial charge in [-0.1, -0.05) is 60.7 Å². The van der Waals surface area contributed by atoms with Gasteiger partial charge in [0.1, 0.15) is 11.9 Å². The predicted molar refractivity (Wildman–Crippen MR) is 158 cm³/mol. The summed E-state index contributed by atoms with van der Waals surface area (Å²) in [6, 6.07) is 11.2. The quantitative estimate of drug-likeness (QED) is 0.365. The topological polar surface area (TPSA) is 90.7 Å². The molecular formula is C30H40Cl2FN5O2. The number of hydrogen-bond acceptors (Lipinski definition) is 5. The van der Waals surface area contributed by atoms with E-state index in [1.165, 1.54) is 25.3 Å². The molecule has 218 valence electrons. The second kappa shape index (κ2) is 14.6. The minimum Gasteiger partial charge on any atom is -0.344 e. The van der Waals surface area contributed by atoms with Crippen LogP contribution in [-0.4, -0.2) is 72.5 Å². The van der Waals surface area contributed by atoms with E-state index in [9.17, 15) is 14.0 Å². The van der Waals surface area contributed by atoms with Crippen molar-refractivity contribution in [3.63, 3.8) is 0 Å². The van der Waals surface area contributed by atoms with Gasteiger partial charge in [0.25, 0.3) is 0 Å². The zero-order chi connectivity index (χ0) is 28.5. The summed E-state index contributed by atoms with van der Waals surface area (Å²) in [5, 5.41) is 7.45. The van der Waals surface area contributed by atoms with Crippen LogP contribution in [-0.2, 0) is 22.6 Å². The molecule has 4 rings (SSSR count). The monoisotopic (exact) mass is 591 g/mol. The Kier molecular flexibility index (Phi) is 11.2. The SMILES string of the molecule is NCCC(=O)NC(Cc1ccc(Cl)cc1Cl)C(=O)N1CCN(C2(CNCc3cccc(F)c3)CCCCC2)CC1. The molecule has 2 fully saturated rings. The second-order valence-corrected chi connectivity index (χ2v) is 11.8. The van der Waals surface area contributed by atoms with Gasteiger partial charge >= 0.3 is 0 Å². The summed E-state index contributed by atoms with van der Waals surface area (Å²) in [4.78, 5) is 30.5.